The highest BCUT2D eigenvalue weighted by atomic mass is 35.5. The highest BCUT2D eigenvalue weighted by molar-refractivity contribution is 6.42. The normalized spacial score (nSPS) is 10.6. The van der Waals surface area contributed by atoms with E-state index in [2.05, 4.69) is 5.32 Å². The first-order chi connectivity index (χ1) is 7.75. The summed E-state index contributed by atoms with van der Waals surface area (Å²) in [5, 5.41) is 4.46. The van der Waals surface area contributed by atoms with E-state index in [4.69, 9.17) is 27.6 Å². The molecule has 0 aliphatic heterocycles. The first-order valence-corrected chi connectivity index (χ1v) is 5.67. The topological polar surface area (TPSA) is 25.2 Å². The molecule has 0 bridgehead atoms. The van der Waals surface area contributed by atoms with Crippen LogP contribution in [0.5, 0.6) is 0 Å². The first-order valence-electron chi connectivity index (χ1n) is 4.91. The Labute approximate surface area is 104 Å². The van der Waals surface area contributed by atoms with Gasteiger partial charge in [0.05, 0.1) is 22.6 Å². The van der Waals surface area contributed by atoms with Crippen LogP contribution >= 0.6 is 23.2 Å². The van der Waals surface area contributed by atoms with Crippen LogP contribution in [0.3, 0.4) is 0 Å². The third-order valence-corrected chi connectivity index (χ3v) is 2.96. The van der Waals surface area contributed by atoms with Crippen LogP contribution in [0.4, 0.5) is 0 Å². The lowest BCUT2D eigenvalue weighted by molar-refractivity contribution is 0.560. The van der Waals surface area contributed by atoms with Gasteiger partial charge in [-0.05, 0) is 23.8 Å². The molecule has 2 nitrogen and oxygen atoms in total. The quantitative estimate of drug-likeness (QED) is 0.898. The second-order valence-electron chi connectivity index (χ2n) is 3.48. The third-order valence-electron chi connectivity index (χ3n) is 2.22. The molecule has 1 aromatic carbocycles. The lowest BCUT2D eigenvalue weighted by atomic mass is 10.2. The summed E-state index contributed by atoms with van der Waals surface area (Å²) in [5.41, 5.74) is 2.23. The largest absolute Gasteiger partial charge is 0.472 e. The van der Waals surface area contributed by atoms with Crippen LogP contribution in [0.1, 0.15) is 11.1 Å². The van der Waals surface area contributed by atoms with E-state index in [0.29, 0.717) is 10.0 Å². The van der Waals surface area contributed by atoms with Gasteiger partial charge in [0.25, 0.3) is 0 Å². The number of furan rings is 1. The Balaban J connectivity index is 1.87. The zero-order chi connectivity index (χ0) is 11.4. The smallest absolute Gasteiger partial charge is 0.0947 e. The minimum Gasteiger partial charge on any atom is -0.472 e. The van der Waals surface area contributed by atoms with E-state index in [9.17, 15) is 0 Å². The fraction of sp³-hybridized carbons (Fsp3) is 0.167. The predicted molar refractivity (Wildman–Crippen MR) is 65.7 cm³/mol. The molecule has 0 fully saturated rings. The van der Waals surface area contributed by atoms with Crippen molar-refractivity contribution in [3.05, 3.63) is 58.0 Å². The Morgan fingerprint density at radius 1 is 1.00 bits per heavy atom. The van der Waals surface area contributed by atoms with E-state index in [1.54, 1.807) is 18.6 Å². The van der Waals surface area contributed by atoms with E-state index in [1.165, 1.54) is 0 Å². The lowest BCUT2D eigenvalue weighted by Crippen LogP contribution is -2.11. The maximum atomic E-state index is 5.92. The van der Waals surface area contributed by atoms with Gasteiger partial charge < -0.3 is 9.73 Å². The number of halogens is 2. The van der Waals surface area contributed by atoms with Crippen molar-refractivity contribution in [3.8, 4) is 0 Å². The Morgan fingerprint density at radius 2 is 1.81 bits per heavy atom. The molecule has 0 amide bonds. The van der Waals surface area contributed by atoms with Crippen molar-refractivity contribution in [3.63, 3.8) is 0 Å². The van der Waals surface area contributed by atoms with Crippen molar-refractivity contribution in [1.29, 1.82) is 0 Å². The van der Waals surface area contributed by atoms with Crippen molar-refractivity contribution < 1.29 is 4.42 Å². The number of benzene rings is 1. The van der Waals surface area contributed by atoms with E-state index in [-0.39, 0.29) is 0 Å². The molecule has 0 aliphatic carbocycles. The Kier molecular flexibility index (Phi) is 3.88. The summed E-state index contributed by atoms with van der Waals surface area (Å²) < 4.78 is 4.97. The van der Waals surface area contributed by atoms with Gasteiger partial charge in [0, 0.05) is 18.7 Å². The summed E-state index contributed by atoms with van der Waals surface area (Å²) >= 11 is 11.7. The number of rotatable bonds is 4. The fourth-order valence-electron chi connectivity index (χ4n) is 1.39. The molecule has 1 N–H and O–H groups in total. The van der Waals surface area contributed by atoms with Crippen LogP contribution in [-0.4, -0.2) is 0 Å². The molecule has 0 unspecified atom stereocenters. The molecule has 16 heavy (non-hydrogen) atoms. The zero-order valence-corrected chi connectivity index (χ0v) is 10.1. The average Bonchev–Trinajstić information content (AvgIpc) is 2.76. The maximum Gasteiger partial charge on any atom is 0.0947 e. The lowest BCUT2D eigenvalue weighted by Gasteiger charge is -2.04. The van der Waals surface area contributed by atoms with Crippen molar-refractivity contribution in [2.75, 3.05) is 0 Å². The molecular weight excluding hydrogens is 245 g/mol. The summed E-state index contributed by atoms with van der Waals surface area (Å²) in [7, 11) is 0. The van der Waals surface area contributed by atoms with Gasteiger partial charge in [-0.25, -0.2) is 0 Å². The monoisotopic (exact) mass is 255 g/mol. The molecule has 1 heterocycles. The standard InChI is InChI=1S/C12H11Cl2NO/c13-11-2-1-9(5-12(11)14)6-15-7-10-3-4-16-8-10/h1-5,8,15H,6-7H2. The third kappa shape index (κ3) is 3.01. The summed E-state index contributed by atoms with van der Waals surface area (Å²) in [6.45, 7) is 1.53. The van der Waals surface area contributed by atoms with Crippen molar-refractivity contribution in [1.82, 2.24) is 5.32 Å². The highest BCUT2D eigenvalue weighted by Crippen LogP contribution is 2.22. The van der Waals surface area contributed by atoms with Gasteiger partial charge in [-0.15, -0.1) is 0 Å². The minimum atomic E-state index is 0.584. The summed E-state index contributed by atoms with van der Waals surface area (Å²) in [5.74, 6) is 0. The van der Waals surface area contributed by atoms with Crippen molar-refractivity contribution >= 4 is 23.2 Å². The van der Waals surface area contributed by atoms with E-state index >= 15 is 0 Å². The van der Waals surface area contributed by atoms with Crippen molar-refractivity contribution in [2.45, 2.75) is 13.1 Å². The second kappa shape index (κ2) is 5.39. The maximum absolute atomic E-state index is 5.92. The van der Waals surface area contributed by atoms with Gasteiger partial charge >= 0.3 is 0 Å². The molecule has 2 rings (SSSR count). The number of nitrogens with one attached hydrogen (secondary N) is 1. The molecule has 0 spiro atoms. The SMILES string of the molecule is Clc1ccc(CNCc2ccoc2)cc1Cl. The van der Waals surface area contributed by atoms with Crippen LogP contribution in [0.15, 0.2) is 41.2 Å². The highest BCUT2D eigenvalue weighted by Gasteiger charge is 1.99. The van der Waals surface area contributed by atoms with Gasteiger partial charge in [-0.1, -0.05) is 29.3 Å². The molecule has 4 heteroatoms. The molecule has 0 atom stereocenters. The Bertz CT molecular complexity index is 454. The molecule has 84 valence electrons. The van der Waals surface area contributed by atoms with E-state index in [0.717, 1.165) is 24.2 Å². The van der Waals surface area contributed by atoms with Crippen LogP contribution in [-0.2, 0) is 13.1 Å². The van der Waals surface area contributed by atoms with Gasteiger partial charge in [0.1, 0.15) is 0 Å². The van der Waals surface area contributed by atoms with Crippen molar-refractivity contribution in [2.24, 2.45) is 0 Å². The van der Waals surface area contributed by atoms with Crippen LogP contribution in [0.25, 0.3) is 0 Å². The molecule has 0 saturated carbocycles. The summed E-state index contributed by atoms with van der Waals surface area (Å²) in [6, 6.07) is 7.56. The number of hydrogen-bond acceptors (Lipinski definition) is 2. The van der Waals surface area contributed by atoms with Crippen LogP contribution in [0.2, 0.25) is 10.0 Å². The van der Waals surface area contributed by atoms with E-state index < -0.39 is 0 Å². The average molecular weight is 256 g/mol. The summed E-state index contributed by atoms with van der Waals surface area (Å²) in [6.07, 6.45) is 3.39. The van der Waals surface area contributed by atoms with Crippen LogP contribution in [0, 0.1) is 0 Å². The fourth-order valence-corrected chi connectivity index (χ4v) is 1.71. The Morgan fingerprint density at radius 3 is 2.50 bits per heavy atom. The molecule has 2 aromatic rings. The van der Waals surface area contributed by atoms with E-state index in [1.807, 2.05) is 18.2 Å². The molecule has 0 saturated heterocycles. The minimum absolute atomic E-state index is 0.584. The van der Waals surface area contributed by atoms with Gasteiger partial charge in [0.15, 0.2) is 0 Å². The molecule has 1 aromatic heterocycles. The first kappa shape index (κ1) is 11.5. The molecular formula is C12H11Cl2NO. The molecule has 0 aliphatic rings. The van der Waals surface area contributed by atoms with Gasteiger partial charge in [0.2, 0.25) is 0 Å². The van der Waals surface area contributed by atoms with Gasteiger partial charge in [-0.2, -0.15) is 0 Å². The second-order valence-corrected chi connectivity index (χ2v) is 4.30. The predicted octanol–water partition coefficient (Wildman–Crippen LogP) is 3.88. The Hall–Kier alpha value is -0.960. The zero-order valence-electron chi connectivity index (χ0n) is 8.54. The van der Waals surface area contributed by atoms with Gasteiger partial charge in [-0.3, -0.25) is 0 Å². The summed E-state index contributed by atoms with van der Waals surface area (Å²) in [4.78, 5) is 0. The number of hydrogen-bond donors (Lipinski definition) is 1. The molecule has 0 radical (unpaired) electrons. The van der Waals surface area contributed by atoms with Crippen LogP contribution < -0.4 is 5.32 Å².